The van der Waals surface area contributed by atoms with Crippen LogP contribution in [0, 0.1) is 5.92 Å². The summed E-state index contributed by atoms with van der Waals surface area (Å²) in [6, 6.07) is 2.97. The highest BCUT2D eigenvalue weighted by Gasteiger charge is 2.47. The molecule has 1 aromatic rings. The Kier molecular flexibility index (Phi) is 4.67. The molecule has 4 nitrogen and oxygen atoms in total. The van der Waals surface area contributed by atoms with Crippen LogP contribution in [0.3, 0.4) is 0 Å². The molecule has 0 saturated heterocycles. The monoisotopic (exact) mass is 369 g/mol. The van der Waals surface area contributed by atoms with Crippen molar-refractivity contribution in [2.45, 2.75) is 37.5 Å². The number of carbonyl (C=O) groups excluding carboxylic acids is 1. The lowest BCUT2D eigenvalue weighted by Gasteiger charge is -2.37. The van der Waals surface area contributed by atoms with Crippen LogP contribution in [0.15, 0.2) is 21.2 Å². The summed E-state index contributed by atoms with van der Waals surface area (Å²) in [5.74, 6) is -2.05. The third kappa shape index (κ3) is 4.23. The quantitative estimate of drug-likeness (QED) is 0.859. The molecule has 21 heavy (non-hydrogen) atoms. The lowest BCUT2D eigenvalue weighted by Crippen LogP contribution is -2.48. The van der Waals surface area contributed by atoms with E-state index in [9.17, 15) is 23.1 Å². The summed E-state index contributed by atoms with van der Waals surface area (Å²) in [7, 11) is 0. The van der Waals surface area contributed by atoms with Crippen molar-refractivity contribution in [3.8, 4) is 0 Å². The fourth-order valence-corrected chi connectivity index (χ4v) is 2.86. The molecule has 0 aliphatic heterocycles. The first-order valence-corrected chi connectivity index (χ1v) is 7.31. The van der Waals surface area contributed by atoms with Gasteiger partial charge in [0.25, 0.3) is 5.91 Å². The molecule has 1 aromatic heterocycles. The van der Waals surface area contributed by atoms with E-state index in [1.807, 2.05) is 0 Å². The first-order valence-electron chi connectivity index (χ1n) is 6.52. The van der Waals surface area contributed by atoms with Crippen molar-refractivity contribution in [3.05, 3.63) is 22.6 Å². The van der Waals surface area contributed by atoms with E-state index in [0.717, 1.165) is 0 Å². The molecule has 0 spiro atoms. The van der Waals surface area contributed by atoms with Crippen LogP contribution >= 0.6 is 15.9 Å². The number of alkyl halides is 3. The molecule has 2 rings (SSSR count). The van der Waals surface area contributed by atoms with Crippen molar-refractivity contribution in [1.82, 2.24) is 5.32 Å². The van der Waals surface area contributed by atoms with Crippen molar-refractivity contribution in [2.24, 2.45) is 5.92 Å². The zero-order valence-corrected chi connectivity index (χ0v) is 12.6. The topological polar surface area (TPSA) is 62.5 Å². The SMILES string of the molecule is O=C(NCC1(O)CCCC(C(F)(F)F)C1)c1ccc(Br)o1. The highest BCUT2D eigenvalue weighted by molar-refractivity contribution is 9.10. The molecule has 1 aliphatic rings. The molecule has 1 fully saturated rings. The first-order chi connectivity index (χ1) is 9.70. The van der Waals surface area contributed by atoms with Gasteiger partial charge in [-0.3, -0.25) is 4.79 Å². The van der Waals surface area contributed by atoms with Crippen LogP contribution in [0.4, 0.5) is 13.2 Å². The predicted octanol–water partition coefficient (Wildman–Crippen LogP) is 3.26. The molecule has 1 heterocycles. The third-order valence-corrected chi connectivity index (χ3v) is 4.09. The van der Waals surface area contributed by atoms with Crippen LogP contribution in [0.2, 0.25) is 0 Å². The Morgan fingerprint density at radius 3 is 2.81 bits per heavy atom. The number of hydrogen-bond donors (Lipinski definition) is 2. The molecule has 0 radical (unpaired) electrons. The fraction of sp³-hybridized carbons (Fsp3) is 0.615. The van der Waals surface area contributed by atoms with Gasteiger partial charge in [0.05, 0.1) is 11.5 Å². The normalized spacial score (nSPS) is 26.6. The molecule has 0 aromatic carbocycles. The van der Waals surface area contributed by atoms with Crippen molar-refractivity contribution in [1.29, 1.82) is 0 Å². The number of halogens is 4. The number of nitrogens with one attached hydrogen (secondary N) is 1. The van der Waals surface area contributed by atoms with Gasteiger partial charge in [0, 0.05) is 6.54 Å². The predicted molar refractivity (Wildman–Crippen MR) is 71.7 cm³/mol. The minimum atomic E-state index is -4.32. The van der Waals surface area contributed by atoms with Crippen molar-refractivity contribution in [3.63, 3.8) is 0 Å². The fourth-order valence-electron chi connectivity index (χ4n) is 2.55. The van der Waals surface area contributed by atoms with Gasteiger partial charge >= 0.3 is 6.18 Å². The zero-order valence-electron chi connectivity index (χ0n) is 11.0. The van der Waals surface area contributed by atoms with Gasteiger partial charge in [0.1, 0.15) is 0 Å². The van der Waals surface area contributed by atoms with Gasteiger partial charge in [-0.25, -0.2) is 0 Å². The van der Waals surface area contributed by atoms with E-state index in [-0.39, 0.29) is 31.6 Å². The third-order valence-electron chi connectivity index (χ3n) is 3.66. The second kappa shape index (κ2) is 6.00. The van der Waals surface area contributed by atoms with Crippen molar-refractivity contribution >= 4 is 21.8 Å². The van der Waals surface area contributed by atoms with E-state index in [1.54, 1.807) is 0 Å². The van der Waals surface area contributed by atoms with Crippen molar-refractivity contribution < 1.29 is 27.5 Å². The van der Waals surface area contributed by atoms with Crippen LogP contribution < -0.4 is 5.32 Å². The Hall–Kier alpha value is -1.02. The molecule has 1 amide bonds. The minimum Gasteiger partial charge on any atom is -0.444 e. The average Bonchev–Trinajstić information content (AvgIpc) is 2.82. The Morgan fingerprint density at radius 2 is 2.24 bits per heavy atom. The number of rotatable bonds is 3. The highest BCUT2D eigenvalue weighted by atomic mass is 79.9. The molecular weight excluding hydrogens is 355 g/mol. The molecule has 1 saturated carbocycles. The van der Waals surface area contributed by atoms with Gasteiger partial charge in [-0.1, -0.05) is 0 Å². The lowest BCUT2D eigenvalue weighted by atomic mass is 9.77. The molecule has 118 valence electrons. The summed E-state index contributed by atoms with van der Waals surface area (Å²) < 4.78 is 43.6. The maximum atomic E-state index is 12.7. The number of aliphatic hydroxyl groups is 1. The van der Waals surface area contributed by atoms with Gasteiger partial charge in [-0.05, 0) is 53.7 Å². The van der Waals surface area contributed by atoms with Gasteiger partial charge in [-0.15, -0.1) is 0 Å². The van der Waals surface area contributed by atoms with Gasteiger partial charge in [0.15, 0.2) is 10.4 Å². The number of amides is 1. The number of carbonyl (C=O) groups is 1. The summed E-state index contributed by atoms with van der Waals surface area (Å²) in [6.45, 7) is -0.225. The van der Waals surface area contributed by atoms with Crippen LogP contribution in [0.5, 0.6) is 0 Å². The molecular formula is C13H15BrF3NO3. The molecule has 8 heteroatoms. The standard InChI is InChI=1S/C13H15BrF3NO3/c14-10-4-3-9(21-10)11(19)18-7-12(20)5-1-2-8(6-12)13(15,16)17/h3-4,8,20H,1-2,5-7H2,(H,18,19). The van der Waals surface area contributed by atoms with Crippen molar-refractivity contribution in [2.75, 3.05) is 6.54 Å². The smallest absolute Gasteiger partial charge is 0.391 e. The van der Waals surface area contributed by atoms with Crippen LogP contribution in [-0.4, -0.2) is 29.3 Å². The molecule has 1 aliphatic carbocycles. The molecule has 0 bridgehead atoms. The van der Waals surface area contributed by atoms with E-state index in [4.69, 9.17) is 4.42 Å². The Balaban J connectivity index is 1.93. The Bertz CT molecular complexity index is 517. The highest BCUT2D eigenvalue weighted by Crippen LogP contribution is 2.41. The summed E-state index contributed by atoms with van der Waals surface area (Å²) in [6.07, 6.45) is -4.17. The largest absolute Gasteiger partial charge is 0.444 e. The van der Waals surface area contributed by atoms with Gasteiger partial charge in [-0.2, -0.15) is 13.2 Å². The minimum absolute atomic E-state index is 0.0187. The Morgan fingerprint density at radius 1 is 1.52 bits per heavy atom. The second-order valence-corrected chi connectivity index (χ2v) is 6.13. The number of hydrogen-bond acceptors (Lipinski definition) is 3. The van der Waals surface area contributed by atoms with Crippen LogP contribution in [0.1, 0.15) is 36.2 Å². The van der Waals surface area contributed by atoms with E-state index in [0.29, 0.717) is 4.67 Å². The maximum absolute atomic E-state index is 12.7. The average molecular weight is 370 g/mol. The molecule has 2 unspecified atom stereocenters. The van der Waals surface area contributed by atoms with E-state index < -0.39 is 30.0 Å². The molecule has 2 N–H and O–H groups in total. The second-order valence-electron chi connectivity index (χ2n) is 5.35. The van der Waals surface area contributed by atoms with E-state index in [2.05, 4.69) is 21.2 Å². The van der Waals surface area contributed by atoms with Gasteiger partial charge in [0.2, 0.25) is 0 Å². The number of furan rings is 1. The van der Waals surface area contributed by atoms with Gasteiger partial charge < -0.3 is 14.8 Å². The summed E-state index contributed by atoms with van der Waals surface area (Å²) >= 11 is 3.05. The summed E-state index contributed by atoms with van der Waals surface area (Å²) in [4.78, 5) is 11.8. The zero-order chi connectivity index (χ0) is 15.7. The van der Waals surface area contributed by atoms with Crippen LogP contribution in [-0.2, 0) is 0 Å². The molecule has 2 atom stereocenters. The summed E-state index contributed by atoms with van der Waals surface area (Å²) in [5, 5.41) is 12.7. The van der Waals surface area contributed by atoms with Crippen LogP contribution in [0.25, 0.3) is 0 Å². The first kappa shape index (κ1) is 16.4. The van der Waals surface area contributed by atoms with E-state index in [1.165, 1.54) is 12.1 Å². The maximum Gasteiger partial charge on any atom is 0.391 e. The summed E-state index contributed by atoms with van der Waals surface area (Å²) in [5.41, 5.74) is -1.53. The van der Waals surface area contributed by atoms with E-state index >= 15 is 0 Å². The lowest BCUT2D eigenvalue weighted by molar-refractivity contribution is -0.199. The Labute approximate surface area is 127 Å².